The molecule has 10 heavy (non-hydrogen) atoms. The van der Waals surface area contributed by atoms with Gasteiger partial charge in [-0.05, 0) is 24.3 Å². The third kappa shape index (κ3) is 2.78. The van der Waals surface area contributed by atoms with Crippen LogP contribution < -0.4 is 0 Å². The predicted octanol–water partition coefficient (Wildman–Crippen LogP) is 2.48. The average Bonchev–Trinajstić information content (AvgIpc) is 2.16. The van der Waals surface area contributed by atoms with Crippen molar-refractivity contribution in [1.82, 2.24) is 0 Å². The first-order valence-corrected chi connectivity index (χ1v) is 6.80. The van der Waals surface area contributed by atoms with Gasteiger partial charge in [-0.3, -0.25) is 0 Å². The van der Waals surface area contributed by atoms with Gasteiger partial charge in [0.2, 0.25) is 0 Å². The highest BCUT2D eigenvalue weighted by Crippen LogP contribution is 2.60. The lowest BCUT2D eigenvalue weighted by Crippen LogP contribution is -1.95. The molecule has 60 valence electrons. The molecule has 0 spiro atoms. The second-order valence-electron chi connectivity index (χ2n) is 2.53. The first-order valence-electron chi connectivity index (χ1n) is 3.18. The molecule has 1 aliphatic heterocycles. The van der Waals surface area contributed by atoms with Crippen LogP contribution in [0.4, 0.5) is 0 Å². The van der Waals surface area contributed by atoms with E-state index in [2.05, 4.69) is 14.5 Å². The molecular formula is C6H13BrNPS. The normalized spacial score (nSPS) is 24.4. The molecule has 0 bridgehead atoms. The monoisotopic (exact) mass is 241 g/mol. The highest BCUT2D eigenvalue weighted by molar-refractivity contribution is 8.93. The summed E-state index contributed by atoms with van der Waals surface area (Å²) >= 11 is 0. The summed E-state index contributed by atoms with van der Waals surface area (Å²) in [7, 11) is 2.41. The van der Waals surface area contributed by atoms with Crippen LogP contribution in [0, 0.1) is 11.3 Å². The highest BCUT2D eigenvalue weighted by Gasteiger charge is 2.22. The Morgan fingerprint density at radius 1 is 1.40 bits per heavy atom. The van der Waals surface area contributed by atoms with Crippen LogP contribution in [-0.2, 0) is 0 Å². The molecule has 1 nitrogen and oxygen atoms in total. The zero-order valence-corrected chi connectivity index (χ0v) is 9.56. The van der Waals surface area contributed by atoms with Crippen LogP contribution in [0.5, 0.6) is 0 Å². The number of nitrogens with zero attached hydrogens (tertiary/aromatic N) is 1. The molecule has 1 atom stereocenters. The summed E-state index contributed by atoms with van der Waals surface area (Å²) < 4.78 is 0. The SMILES string of the molecule is Br.N#CCS1(P)CCCC1. The summed E-state index contributed by atoms with van der Waals surface area (Å²) in [5, 5.41) is 8.45. The topological polar surface area (TPSA) is 23.8 Å². The molecule has 1 saturated heterocycles. The number of hydrogen-bond acceptors (Lipinski definition) is 1. The van der Waals surface area contributed by atoms with Crippen molar-refractivity contribution in [3.63, 3.8) is 0 Å². The Morgan fingerprint density at radius 3 is 2.30 bits per heavy atom. The molecule has 0 aromatic rings. The lowest BCUT2D eigenvalue weighted by molar-refractivity contribution is 0.949. The van der Waals surface area contributed by atoms with E-state index < -0.39 is 9.65 Å². The lowest BCUT2D eigenvalue weighted by Gasteiger charge is -2.25. The van der Waals surface area contributed by atoms with E-state index in [0.29, 0.717) is 0 Å². The summed E-state index contributed by atoms with van der Waals surface area (Å²) in [6, 6.07) is 2.27. The largest absolute Gasteiger partial charge is 0.213 e. The second-order valence-corrected chi connectivity index (χ2v) is 8.86. The Labute approximate surface area is 76.6 Å². The Bertz CT molecular complexity index is 139. The standard InChI is InChI=1S/C6H12NPS.BrH/c7-3-6-9(8)4-1-2-5-9;/h1-2,4-6,8H2;1H. The lowest BCUT2D eigenvalue weighted by atomic mass is 10.4. The fourth-order valence-electron chi connectivity index (χ4n) is 1.15. The Hall–Kier alpha value is 0.750. The summed E-state index contributed by atoms with van der Waals surface area (Å²) in [5.41, 5.74) is 0. The summed E-state index contributed by atoms with van der Waals surface area (Å²) in [6.45, 7) is 0. The minimum atomic E-state index is -0.498. The van der Waals surface area contributed by atoms with E-state index in [1.165, 1.54) is 24.3 Å². The highest BCUT2D eigenvalue weighted by atomic mass is 79.9. The van der Waals surface area contributed by atoms with Crippen LogP contribution in [0.25, 0.3) is 0 Å². The molecule has 0 radical (unpaired) electrons. The Morgan fingerprint density at radius 2 is 1.90 bits per heavy atom. The van der Waals surface area contributed by atoms with Crippen molar-refractivity contribution < 1.29 is 0 Å². The predicted molar refractivity (Wildman–Crippen MR) is 57.1 cm³/mol. The van der Waals surface area contributed by atoms with E-state index >= 15 is 0 Å². The van der Waals surface area contributed by atoms with Gasteiger partial charge in [0, 0.05) is 0 Å². The smallest absolute Gasteiger partial charge is 0.0718 e. The zero-order valence-electron chi connectivity index (χ0n) is 5.88. The molecule has 1 unspecified atom stereocenters. The van der Waals surface area contributed by atoms with Crippen LogP contribution in [-0.4, -0.2) is 17.3 Å². The first kappa shape index (κ1) is 10.8. The second kappa shape index (κ2) is 4.59. The zero-order chi connectivity index (χ0) is 6.74. The van der Waals surface area contributed by atoms with Crippen molar-refractivity contribution in [1.29, 1.82) is 5.26 Å². The number of hydrogen-bond donors (Lipinski definition) is 0. The van der Waals surface area contributed by atoms with E-state index in [1.807, 2.05) is 0 Å². The van der Waals surface area contributed by atoms with Gasteiger partial charge in [0.1, 0.15) is 0 Å². The maximum Gasteiger partial charge on any atom is 0.0718 e. The first-order chi connectivity index (χ1) is 4.27. The quantitative estimate of drug-likeness (QED) is 0.648. The molecule has 4 heteroatoms. The van der Waals surface area contributed by atoms with Gasteiger partial charge in [-0.2, -0.15) is 5.26 Å². The minimum absolute atomic E-state index is 0. The number of halogens is 1. The molecule has 0 amide bonds. The van der Waals surface area contributed by atoms with Crippen LogP contribution in [0.15, 0.2) is 0 Å². The average molecular weight is 242 g/mol. The summed E-state index contributed by atoms with van der Waals surface area (Å²) in [4.78, 5) is 0. The van der Waals surface area contributed by atoms with E-state index in [9.17, 15) is 0 Å². The molecule has 1 fully saturated rings. The van der Waals surface area contributed by atoms with Gasteiger partial charge in [-0.25, -0.2) is 9.65 Å². The van der Waals surface area contributed by atoms with Gasteiger partial charge < -0.3 is 0 Å². The van der Waals surface area contributed by atoms with E-state index in [-0.39, 0.29) is 17.0 Å². The molecule has 1 aliphatic rings. The van der Waals surface area contributed by atoms with Crippen molar-refractivity contribution in [2.75, 3.05) is 17.3 Å². The third-order valence-electron chi connectivity index (χ3n) is 1.70. The molecular weight excluding hydrogens is 229 g/mol. The molecule has 1 heterocycles. The van der Waals surface area contributed by atoms with Gasteiger partial charge in [0.25, 0.3) is 0 Å². The van der Waals surface area contributed by atoms with Crippen molar-refractivity contribution >= 4 is 35.1 Å². The Balaban J connectivity index is 0.000000810. The summed E-state index contributed by atoms with van der Waals surface area (Å²) in [5.74, 6) is 3.42. The maximum absolute atomic E-state index is 8.45. The van der Waals surface area contributed by atoms with E-state index in [0.717, 1.165) is 5.75 Å². The molecule has 0 aliphatic carbocycles. The van der Waals surface area contributed by atoms with Crippen LogP contribution >= 0.6 is 35.1 Å². The maximum atomic E-state index is 8.45. The molecule has 0 aromatic carbocycles. The molecule has 0 saturated carbocycles. The minimum Gasteiger partial charge on any atom is -0.213 e. The van der Waals surface area contributed by atoms with Crippen molar-refractivity contribution in [2.24, 2.45) is 0 Å². The van der Waals surface area contributed by atoms with Gasteiger partial charge >= 0.3 is 0 Å². The van der Waals surface area contributed by atoms with Gasteiger partial charge in [0.05, 0.1) is 11.8 Å². The van der Waals surface area contributed by atoms with Crippen molar-refractivity contribution in [3.05, 3.63) is 0 Å². The van der Waals surface area contributed by atoms with Gasteiger partial charge in [-0.1, -0.05) is 8.44 Å². The van der Waals surface area contributed by atoms with Gasteiger partial charge in [0.15, 0.2) is 0 Å². The number of nitriles is 1. The summed E-state index contributed by atoms with van der Waals surface area (Å²) in [6.07, 6.45) is 2.70. The molecule has 1 rings (SSSR count). The third-order valence-corrected chi connectivity index (χ3v) is 6.53. The van der Waals surface area contributed by atoms with Crippen molar-refractivity contribution in [2.45, 2.75) is 12.8 Å². The van der Waals surface area contributed by atoms with E-state index in [1.54, 1.807) is 0 Å². The van der Waals surface area contributed by atoms with Gasteiger partial charge in [-0.15, -0.1) is 17.0 Å². The Kier molecular flexibility index (Phi) is 4.94. The fraction of sp³-hybridized carbons (Fsp3) is 0.833. The van der Waals surface area contributed by atoms with Crippen LogP contribution in [0.2, 0.25) is 0 Å². The van der Waals surface area contributed by atoms with Crippen molar-refractivity contribution in [3.8, 4) is 6.07 Å². The molecule has 0 aromatic heterocycles. The van der Waals surface area contributed by atoms with Crippen LogP contribution in [0.3, 0.4) is 0 Å². The van der Waals surface area contributed by atoms with Crippen LogP contribution in [0.1, 0.15) is 12.8 Å². The number of rotatable bonds is 1. The van der Waals surface area contributed by atoms with E-state index in [4.69, 9.17) is 5.26 Å². The fourth-order valence-corrected chi connectivity index (χ4v) is 4.69. The molecule has 0 N–H and O–H groups in total.